The molecule has 0 spiro atoms. The number of carbonyl (C=O) groups is 1. The summed E-state index contributed by atoms with van der Waals surface area (Å²) in [4.78, 5) is 11.5. The maximum Gasteiger partial charge on any atom is 0.407 e. The molecule has 3 N–H and O–H groups in total. The second kappa shape index (κ2) is 7.24. The lowest BCUT2D eigenvalue weighted by molar-refractivity contribution is 0.136. The number of ether oxygens (including phenoxy) is 1. The van der Waals surface area contributed by atoms with Crippen molar-refractivity contribution in [3.63, 3.8) is 0 Å². The molecule has 1 aromatic carbocycles. The predicted octanol–water partition coefficient (Wildman–Crippen LogP) is 2.21. The van der Waals surface area contributed by atoms with E-state index in [1.54, 1.807) is 0 Å². The summed E-state index contributed by atoms with van der Waals surface area (Å²) in [7, 11) is 0. The zero-order valence-corrected chi connectivity index (χ0v) is 11.0. The number of benzene rings is 1. The molecule has 100 valence electrons. The van der Waals surface area contributed by atoms with Gasteiger partial charge in [0.2, 0.25) is 0 Å². The number of halogens is 1. The molecule has 0 aromatic heterocycles. The first kappa shape index (κ1) is 14.8. The van der Waals surface area contributed by atoms with Crippen LogP contribution in [-0.4, -0.2) is 18.2 Å². The summed E-state index contributed by atoms with van der Waals surface area (Å²) >= 11 is 0. The topological polar surface area (TPSA) is 64.3 Å². The summed E-state index contributed by atoms with van der Waals surface area (Å²) in [5.74, 6) is 0. The molecule has 0 heterocycles. The number of rotatable bonds is 3. The molecule has 1 fully saturated rings. The van der Waals surface area contributed by atoms with Crippen LogP contribution in [0.5, 0.6) is 0 Å². The first-order valence-corrected chi connectivity index (χ1v) is 5.97. The van der Waals surface area contributed by atoms with E-state index in [0.29, 0.717) is 6.61 Å². The van der Waals surface area contributed by atoms with E-state index < -0.39 is 0 Å². The van der Waals surface area contributed by atoms with Gasteiger partial charge in [0.25, 0.3) is 0 Å². The van der Waals surface area contributed by atoms with Crippen molar-refractivity contribution in [1.29, 1.82) is 0 Å². The van der Waals surface area contributed by atoms with Gasteiger partial charge in [0, 0.05) is 12.1 Å². The Kier molecular flexibility index (Phi) is 5.95. The average molecular weight is 271 g/mol. The Morgan fingerprint density at radius 3 is 2.67 bits per heavy atom. The minimum Gasteiger partial charge on any atom is -0.445 e. The van der Waals surface area contributed by atoms with E-state index in [-0.39, 0.29) is 30.6 Å². The van der Waals surface area contributed by atoms with Crippen LogP contribution < -0.4 is 11.1 Å². The van der Waals surface area contributed by atoms with Gasteiger partial charge in [-0.15, -0.1) is 12.4 Å². The monoisotopic (exact) mass is 270 g/mol. The number of hydrogen-bond donors (Lipinski definition) is 2. The van der Waals surface area contributed by atoms with Gasteiger partial charge in [0.1, 0.15) is 6.61 Å². The zero-order valence-electron chi connectivity index (χ0n) is 10.2. The van der Waals surface area contributed by atoms with E-state index in [1.165, 1.54) is 0 Å². The summed E-state index contributed by atoms with van der Waals surface area (Å²) in [6.45, 7) is 0.311. The summed E-state index contributed by atoms with van der Waals surface area (Å²) in [6.07, 6.45) is 2.42. The van der Waals surface area contributed by atoms with Gasteiger partial charge in [-0.05, 0) is 24.8 Å². The maximum absolute atomic E-state index is 11.5. The minimum atomic E-state index is -0.354. The van der Waals surface area contributed by atoms with Gasteiger partial charge in [-0.2, -0.15) is 0 Å². The van der Waals surface area contributed by atoms with Crippen LogP contribution in [0.25, 0.3) is 0 Å². The molecule has 1 saturated carbocycles. The summed E-state index contributed by atoms with van der Waals surface area (Å²) in [5.41, 5.74) is 6.77. The van der Waals surface area contributed by atoms with Crippen LogP contribution in [0.15, 0.2) is 30.3 Å². The van der Waals surface area contributed by atoms with Crippen LogP contribution >= 0.6 is 12.4 Å². The van der Waals surface area contributed by atoms with E-state index >= 15 is 0 Å². The normalized spacial score (nSPS) is 22.1. The molecule has 1 amide bonds. The Balaban J connectivity index is 0.00000162. The molecule has 2 rings (SSSR count). The van der Waals surface area contributed by atoms with Crippen molar-refractivity contribution in [1.82, 2.24) is 5.32 Å². The second-order valence-electron chi connectivity index (χ2n) is 4.48. The van der Waals surface area contributed by atoms with Gasteiger partial charge in [0.05, 0.1) is 0 Å². The molecular weight excluding hydrogens is 252 g/mol. The van der Waals surface area contributed by atoms with Gasteiger partial charge in [-0.3, -0.25) is 0 Å². The largest absolute Gasteiger partial charge is 0.445 e. The van der Waals surface area contributed by atoms with Gasteiger partial charge in [-0.1, -0.05) is 30.3 Å². The lowest BCUT2D eigenvalue weighted by Crippen LogP contribution is -2.34. The Morgan fingerprint density at radius 2 is 2.06 bits per heavy atom. The third kappa shape index (κ3) is 4.55. The van der Waals surface area contributed by atoms with Crippen molar-refractivity contribution < 1.29 is 9.53 Å². The van der Waals surface area contributed by atoms with E-state index in [9.17, 15) is 4.79 Å². The van der Waals surface area contributed by atoms with Crippen molar-refractivity contribution in [2.24, 2.45) is 5.73 Å². The van der Waals surface area contributed by atoms with Gasteiger partial charge in [-0.25, -0.2) is 4.79 Å². The fourth-order valence-electron chi connectivity index (χ4n) is 2.08. The molecule has 5 heteroatoms. The Labute approximate surface area is 113 Å². The first-order chi connectivity index (χ1) is 8.24. The standard InChI is InChI=1S/C13H18N2O2.ClH/c14-11-6-7-12(8-11)15-13(16)17-9-10-4-2-1-3-5-10;/h1-5,11-12H,6-9,14H2,(H,15,16);1H/t11-,12+;/m1./s1. The number of amides is 1. The molecule has 0 saturated heterocycles. The second-order valence-corrected chi connectivity index (χ2v) is 4.48. The summed E-state index contributed by atoms with van der Waals surface area (Å²) in [5, 5.41) is 2.84. The highest BCUT2D eigenvalue weighted by molar-refractivity contribution is 5.85. The Morgan fingerprint density at radius 1 is 1.33 bits per heavy atom. The maximum atomic E-state index is 11.5. The molecule has 1 aliphatic rings. The van der Waals surface area contributed by atoms with E-state index in [1.807, 2.05) is 30.3 Å². The highest BCUT2D eigenvalue weighted by atomic mass is 35.5. The van der Waals surface area contributed by atoms with Crippen LogP contribution in [0, 0.1) is 0 Å². The molecule has 0 radical (unpaired) electrons. The molecule has 0 aliphatic heterocycles. The Hall–Kier alpha value is -1.26. The molecule has 1 aliphatic carbocycles. The van der Waals surface area contributed by atoms with Crippen LogP contribution in [0.2, 0.25) is 0 Å². The van der Waals surface area contributed by atoms with Crippen molar-refractivity contribution in [2.45, 2.75) is 38.0 Å². The quantitative estimate of drug-likeness (QED) is 0.885. The van der Waals surface area contributed by atoms with Crippen molar-refractivity contribution in [3.8, 4) is 0 Å². The van der Waals surface area contributed by atoms with Crippen molar-refractivity contribution in [3.05, 3.63) is 35.9 Å². The molecular formula is C13H19ClN2O2. The van der Waals surface area contributed by atoms with Crippen LogP contribution in [0.4, 0.5) is 4.79 Å². The predicted molar refractivity (Wildman–Crippen MR) is 72.6 cm³/mol. The first-order valence-electron chi connectivity index (χ1n) is 5.97. The number of carbonyl (C=O) groups excluding carboxylic acids is 1. The SMILES string of the molecule is Cl.N[C@@H]1CC[C@H](NC(=O)OCc2ccccc2)C1. The van der Waals surface area contributed by atoms with Gasteiger partial charge in [0.15, 0.2) is 0 Å². The van der Waals surface area contributed by atoms with E-state index in [4.69, 9.17) is 10.5 Å². The lowest BCUT2D eigenvalue weighted by atomic mass is 10.2. The third-order valence-corrected chi connectivity index (χ3v) is 3.01. The molecule has 4 nitrogen and oxygen atoms in total. The lowest BCUT2D eigenvalue weighted by Gasteiger charge is -2.12. The third-order valence-electron chi connectivity index (χ3n) is 3.01. The smallest absolute Gasteiger partial charge is 0.407 e. The fourth-order valence-corrected chi connectivity index (χ4v) is 2.08. The summed E-state index contributed by atoms with van der Waals surface area (Å²) in [6, 6.07) is 10.0. The molecule has 18 heavy (non-hydrogen) atoms. The highest BCUT2D eigenvalue weighted by Crippen LogP contribution is 2.17. The molecule has 0 unspecified atom stereocenters. The van der Waals surface area contributed by atoms with Crippen molar-refractivity contribution in [2.75, 3.05) is 0 Å². The fraction of sp³-hybridized carbons (Fsp3) is 0.462. The van der Waals surface area contributed by atoms with E-state index in [2.05, 4.69) is 5.32 Å². The Bertz CT molecular complexity index is 373. The number of alkyl carbamates (subject to hydrolysis) is 1. The summed E-state index contributed by atoms with van der Waals surface area (Å²) < 4.78 is 5.13. The highest BCUT2D eigenvalue weighted by Gasteiger charge is 2.23. The average Bonchev–Trinajstić information content (AvgIpc) is 2.73. The number of hydrogen-bond acceptors (Lipinski definition) is 3. The van der Waals surface area contributed by atoms with Crippen LogP contribution in [0.1, 0.15) is 24.8 Å². The van der Waals surface area contributed by atoms with Crippen LogP contribution in [-0.2, 0) is 11.3 Å². The van der Waals surface area contributed by atoms with Gasteiger partial charge >= 0.3 is 6.09 Å². The minimum absolute atomic E-state index is 0. The molecule has 0 bridgehead atoms. The molecule has 2 atom stereocenters. The zero-order chi connectivity index (χ0) is 12.1. The number of nitrogens with two attached hydrogens (primary N) is 1. The van der Waals surface area contributed by atoms with E-state index in [0.717, 1.165) is 24.8 Å². The van der Waals surface area contributed by atoms with Gasteiger partial charge < -0.3 is 15.8 Å². The van der Waals surface area contributed by atoms with Crippen molar-refractivity contribution >= 4 is 18.5 Å². The van der Waals surface area contributed by atoms with Crippen LogP contribution in [0.3, 0.4) is 0 Å². The molecule has 1 aromatic rings. The number of nitrogens with one attached hydrogen (secondary N) is 1.